The van der Waals surface area contributed by atoms with E-state index >= 15 is 0 Å². The number of nitrogens with one attached hydrogen (secondary N) is 1. The summed E-state index contributed by atoms with van der Waals surface area (Å²) < 4.78 is 24.7. The summed E-state index contributed by atoms with van der Waals surface area (Å²) >= 11 is 12.0. The zero-order valence-electron chi connectivity index (χ0n) is 14.1. The van der Waals surface area contributed by atoms with Crippen molar-refractivity contribution in [1.82, 2.24) is 5.32 Å². The number of anilines is 1. The molecule has 27 heavy (non-hydrogen) atoms. The standard InChI is InChI=1S/C18H16Cl2N2O4S/c19-13-3-1-12(2-4-13)7-9-21-18(24)15-6-5-14(11-16(15)20)22-17(23)8-10-27(22,25)26/h1-6,11H,7-10H2,(H,21,24). The first-order valence-corrected chi connectivity index (χ1v) is 10.5. The molecule has 1 aliphatic heterocycles. The molecular formula is C18H16Cl2N2O4S. The number of halogens is 2. The second-order valence-electron chi connectivity index (χ2n) is 6.02. The van der Waals surface area contributed by atoms with Gasteiger partial charge >= 0.3 is 0 Å². The van der Waals surface area contributed by atoms with Crippen LogP contribution in [0, 0.1) is 0 Å². The van der Waals surface area contributed by atoms with E-state index in [2.05, 4.69) is 5.32 Å². The van der Waals surface area contributed by atoms with Gasteiger partial charge in [-0.1, -0.05) is 35.3 Å². The normalized spacial score (nSPS) is 15.8. The van der Waals surface area contributed by atoms with E-state index in [0.29, 0.717) is 18.0 Å². The Bertz CT molecular complexity index is 991. The zero-order valence-corrected chi connectivity index (χ0v) is 16.4. The van der Waals surface area contributed by atoms with Gasteiger partial charge in [0, 0.05) is 18.0 Å². The minimum Gasteiger partial charge on any atom is -0.352 e. The molecule has 1 heterocycles. The minimum atomic E-state index is -3.67. The highest BCUT2D eigenvalue weighted by molar-refractivity contribution is 7.94. The summed E-state index contributed by atoms with van der Waals surface area (Å²) in [5.74, 6) is -1.11. The van der Waals surface area contributed by atoms with Crippen molar-refractivity contribution in [1.29, 1.82) is 0 Å². The molecule has 142 valence electrons. The van der Waals surface area contributed by atoms with Crippen LogP contribution in [0.2, 0.25) is 10.0 Å². The summed E-state index contributed by atoms with van der Waals surface area (Å²) in [6.07, 6.45) is 0.562. The first-order valence-electron chi connectivity index (χ1n) is 8.16. The van der Waals surface area contributed by atoms with Crippen molar-refractivity contribution in [2.24, 2.45) is 0 Å². The molecule has 0 unspecified atom stereocenters. The summed E-state index contributed by atoms with van der Waals surface area (Å²) in [6.45, 7) is 0.400. The number of hydrogen-bond donors (Lipinski definition) is 1. The second kappa shape index (κ2) is 7.88. The van der Waals surface area contributed by atoms with Crippen molar-refractivity contribution in [3.05, 3.63) is 63.6 Å². The lowest BCUT2D eigenvalue weighted by Crippen LogP contribution is -2.29. The molecule has 6 nitrogen and oxygen atoms in total. The molecule has 2 aromatic carbocycles. The fourth-order valence-corrected chi connectivity index (χ4v) is 4.59. The predicted octanol–water partition coefficient (Wildman–Crippen LogP) is 3.03. The van der Waals surface area contributed by atoms with Gasteiger partial charge in [-0.25, -0.2) is 12.7 Å². The number of amides is 2. The first-order chi connectivity index (χ1) is 12.8. The summed E-state index contributed by atoms with van der Waals surface area (Å²) in [6, 6.07) is 11.4. The molecule has 0 spiro atoms. The van der Waals surface area contributed by atoms with Crippen LogP contribution in [0.25, 0.3) is 0 Å². The van der Waals surface area contributed by atoms with E-state index in [0.717, 1.165) is 9.87 Å². The predicted molar refractivity (Wildman–Crippen MR) is 105 cm³/mol. The topological polar surface area (TPSA) is 83.6 Å². The van der Waals surface area contributed by atoms with Crippen molar-refractivity contribution in [3.8, 4) is 0 Å². The van der Waals surface area contributed by atoms with Gasteiger partial charge in [0.25, 0.3) is 5.91 Å². The van der Waals surface area contributed by atoms with Crippen molar-refractivity contribution in [3.63, 3.8) is 0 Å². The first kappa shape index (κ1) is 19.7. The van der Waals surface area contributed by atoms with Crippen LogP contribution in [0.4, 0.5) is 5.69 Å². The fraction of sp³-hybridized carbons (Fsp3) is 0.222. The number of hydrogen-bond acceptors (Lipinski definition) is 4. The molecule has 3 rings (SSSR count). The number of carbonyl (C=O) groups is 2. The Hall–Kier alpha value is -2.09. The van der Waals surface area contributed by atoms with Gasteiger partial charge in [0.05, 0.1) is 22.0 Å². The maximum absolute atomic E-state index is 12.3. The van der Waals surface area contributed by atoms with Crippen molar-refractivity contribution in [2.45, 2.75) is 12.8 Å². The van der Waals surface area contributed by atoms with Gasteiger partial charge in [0.15, 0.2) is 0 Å². The van der Waals surface area contributed by atoms with Crippen molar-refractivity contribution >= 4 is 50.7 Å². The SMILES string of the molecule is O=C(NCCc1ccc(Cl)cc1)c1ccc(N2C(=O)CCS2(=O)=O)cc1Cl. The quantitative estimate of drug-likeness (QED) is 0.795. The van der Waals surface area contributed by atoms with Gasteiger partial charge in [0.1, 0.15) is 0 Å². The third-order valence-electron chi connectivity index (χ3n) is 4.12. The average Bonchev–Trinajstić information content (AvgIpc) is 2.89. The second-order valence-corrected chi connectivity index (χ2v) is 8.80. The van der Waals surface area contributed by atoms with E-state index in [1.165, 1.54) is 18.2 Å². The highest BCUT2D eigenvalue weighted by Crippen LogP contribution is 2.29. The molecule has 9 heteroatoms. The van der Waals surface area contributed by atoms with Crippen molar-refractivity contribution in [2.75, 3.05) is 16.6 Å². The summed E-state index contributed by atoms with van der Waals surface area (Å²) in [5.41, 5.74) is 1.37. The Morgan fingerprint density at radius 3 is 2.41 bits per heavy atom. The van der Waals surface area contributed by atoms with Gasteiger partial charge in [-0.15, -0.1) is 0 Å². The maximum Gasteiger partial charge on any atom is 0.252 e. The Balaban J connectivity index is 1.67. The van der Waals surface area contributed by atoms with E-state index in [9.17, 15) is 18.0 Å². The summed E-state index contributed by atoms with van der Waals surface area (Å²) in [5, 5.41) is 3.48. The Labute approximate surface area is 167 Å². The maximum atomic E-state index is 12.3. The van der Waals surface area contributed by atoms with Crippen LogP contribution < -0.4 is 9.62 Å². The van der Waals surface area contributed by atoms with E-state index in [1.54, 1.807) is 12.1 Å². The molecule has 2 aromatic rings. The number of carbonyl (C=O) groups excluding carboxylic acids is 2. The lowest BCUT2D eigenvalue weighted by Gasteiger charge is -2.16. The van der Waals surface area contributed by atoms with E-state index in [-0.39, 0.29) is 34.4 Å². The van der Waals surface area contributed by atoms with Gasteiger partial charge in [-0.3, -0.25) is 9.59 Å². The Kier molecular flexibility index (Phi) is 5.74. The third-order valence-corrected chi connectivity index (χ3v) is 6.38. The minimum absolute atomic E-state index is 0.0626. The number of benzene rings is 2. The average molecular weight is 427 g/mol. The Morgan fingerprint density at radius 2 is 1.81 bits per heavy atom. The monoisotopic (exact) mass is 426 g/mol. The lowest BCUT2D eigenvalue weighted by molar-refractivity contribution is -0.116. The molecule has 0 aromatic heterocycles. The van der Waals surface area contributed by atoms with Crippen LogP contribution in [0.5, 0.6) is 0 Å². The molecule has 0 aliphatic carbocycles. The van der Waals surface area contributed by atoms with Crippen LogP contribution in [-0.4, -0.2) is 32.5 Å². The molecule has 0 atom stereocenters. The van der Waals surface area contributed by atoms with Crippen LogP contribution >= 0.6 is 23.2 Å². The highest BCUT2D eigenvalue weighted by atomic mass is 35.5. The largest absolute Gasteiger partial charge is 0.352 e. The van der Waals surface area contributed by atoms with Crippen LogP contribution in [0.3, 0.4) is 0 Å². The molecule has 1 saturated heterocycles. The van der Waals surface area contributed by atoms with Crippen LogP contribution in [-0.2, 0) is 21.2 Å². The van der Waals surface area contributed by atoms with E-state index in [1.807, 2.05) is 12.1 Å². The number of nitrogens with zero attached hydrogens (tertiary/aromatic N) is 1. The zero-order chi connectivity index (χ0) is 19.6. The summed E-state index contributed by atoms with van der Waals surface area (Å²) in [7, 11) is -3.67. The van der Waals surface area contributed by atoms with Crippen molar-refractivity contribution < 1.29 is 18.0 Å². The molecule has 1 fully saturated rings. The molecular weight excluding hydrogens is 411 g/mol. The van der Waals surface area contributed by atoms with Crippen LogP contribution in [0.1, 0.15) is 22.3 Å². The van der Waals surface area contributed by atoms with Gasteiger partial charge in [-0.2, -0.15) is 0 Å². The number of sulfonamides is 1. The Morgan fingerprint density at radius 1 is 1.11 bits per heavy atom. The van der Waals surface area contributed by atoms with Gasteiger partial charge < -0.3 is 5.32 Å². The molecule has 1 aliphatic rings. The van der Waals surface area contributed by atoms with Gasteiger partial charge in [-0.05, 0) is 42.3 Å². The van der Waals surface area contributed by atoms with E-state index < -0.39 is 15.9 Å². The summed E-state index contributed by atoms with van der Waals surface area (Å²) in [4.78, 5) is 24.2. The third kappa shape index (κ3) is 4.43. The number of rotatable bonds is 5. The lowest BCUT2D eigenvalue weighted by atomic mass is 10.1. The molecule has 0 saturated carbocycles. The smallest absolute Gasteiger partial charge is 0.252 e. The molecule has 1 N–H and O–H groups in total. The molecule has 2 amide bonds. The highest BCUT2D eigenvalue weighted by Gasteiger charge is 2.36. The van der Waals surface area contributed by atoms with Crippen LogP contribution in [0.15, 0.2) is 42.5 Å². The molecule has 0 radical (unpaired) electrons. The fourth-order valence-electron chi connectivity index (χ4n) is 2.75. The molecule has 0 bridgehead atoms. The van der Waals surface area contributed by atoms with Gasteiger partial charge in [0.2, 0.25) is 15.9 Å². The van der Waals surface area contributed by atoms with E-state index in [4.69, 9.17) is 23.2 Å².